The minimum atomic E-state index is 0.131. The average molecular weight is 276 g/mol. The molecule has 0 fully saturated rings. The van der Waals surface area contributed by atoms with Crippen LogP contribution in [0.2, 0.25) is 0 Å². The number of aryl methyl sites for hydroxylation is 1. The van der Waals surface area contributed by atoms with Crippen molar-refractivity contribution in [2.75, 3.05) is 6.26 Å². The first kappa shape index (κ1) is 11.8. The van der Waals surface area contributed by atoms with E-state index in [0.717, 1.165) is 17.4 Å². The molecule has 0 aliphatic heterocycles. The van der Waals surface area contributed by atoms with E-state index in [1.807, 2.05) is 25.6 Å². The van der Waals surface area contributed by atoms with E-state index in [2.05, 4.69) is 37.4 Å². The van der Waals surface area contributed by atoms with Crippen LogP contribution in [0.15, 0.2) is 17.4 Å². The van der Waals surface area contributed by atoms with Crippen molar-refractivity contribution in [2.45, 2.75) is 25.3 Å². The molecule has 5 heteroatoms. The summed E-state index contributed by atoms with van der Waals surface area (Å²) in [5, 5.41) is 0.973. The molecule has 1 aromatic heterocycles. The summed E-state index contributed by atoms with van der Waals surface area (Å²) in [5.41, 5.74) is 0. The monoisotopic (exact) mass is 275 g/mol. The normalized spacial score (nSPS) is 14.4. The molecule has 0 aliphatic rings. The molecular weight excluding hydrogens is 262 g/mol. The van der Waals surface area contributed by atoms with Crippen LogP contribution in [-0.4, -0.2) is 25.8 Å². The van der Waals surface area contributed by atoms with Crippen LogP contribution >= 0.6 is 27.7 Å². The molecule has 78 valence electrons. The van der Waals surface area contributed by atoms with Gasteiger partial charge in [0, 0.05) is 18.9 Å². The highest BCUT2D eigenvalue weighted by atomic mass is 79.9. The highest BCUT2D eigenvalue weighted by molar-refractivity contribution is 9.09. The second-order valence-electron chi connectivity index (χ2n) is 2.75. The fraction of sp³-hybridized carbons (Fsp3) is 0.556. The molecule has 0 aliphatic carbocycles. The molecule has 3 nitrogen and oxygen atoms in total. The summed E-state index contributed by atoms with van der Waals surface area (Å²) in [5.74, 6) is 0.950. The Kier molecular flexibility index (Phi) is 4.68. The lowest BCUT2D eigenvalue weighted by molar-refractivity contribution is 0.753. The molecule has 1 heterocycles. The van der Waals surface area contributed by atoms with Gasteiger partial charge in [0.15, 0.2) is 5.82 Å². The van der Waals surface area contributed by atoms with Gasteiger partial charge in [-0.3, -0.25) is 4.99 Å². The Hall–Kier alpha value is -0.290. The number of rotatable bonds is 3. The number of halogens is 1. The summed E-state index contributed by atoms with van der Waals surface area (Å²) in [6.07, 6.45) is 5.80. The summed E-state index contributed by atoms with van der Waals surface area (Å²) >= 11 is 5.03. The zero-order chi connectivity index (χ0) is 10.6. The standard InChI is InChI=1S/C9H14BrN3S/c1-4-13-6-5-11-8(13)9(14-3)12-7(2)10/h5-7H,4H2,1-3H3/b12-9+. The van der Waals surface area contributed by atoms with E-state index in [0.29, 0.717) is 0 Å². The molecule has 14 heavy (non-hydrogen) atoms. The predicted octanol–water partition coefficient (Wildman–Crippen LogP) is 2.75. The lowest BCUT2D eigenvalue weighted by Gasteiger charge is -2.06. The van der Waals surface area contributed by atoms with Gasteiger partial charge < -0.3 is 4.57 Å². The van der Waals surface area contributed by atoms with Gasteiger partial charge in [0.1, 0.15) is 9.99 Å². The van der Waals surface area contributed by atoms with Crippen LogP contribution in [-0.2, 0) is 6.54 Å². The van der Waals surface area contributed by atoms with Crippen molar-refractivity contribution >= 4 is 32.7 Å². The molecule has 0 amide bonds. The quantitative estimate of drug-likeness (QED) is 0.368. The summed E-state index contributed by atoms with van der Waals surface area (Å²) < 4.78 is 2.09. The second kappa shape index (κ2) is 5.56. The van der Waals surface area contributed by atoms with Crippen LogP contribution in [0.5, 0.6) is 0 Å². The molecule has 1 aromatic rings. The van der Waals surface area contributed by atoms with Crippen molar-refractivity contribution in [2.24, 2.45) is 4.99 Å². The third-order valence-corrected chi connectivity index (χ3v) is 2.62. The highest BCUT2D eigenvalue weighted by Crippen LogP contribution is 2.13. The minimum Gasteiger partial charge on any atom is -0.330 e. The van der Waals surface area contributed by atoms with E-state index < -0.39 is 0 Å². The first-order valence-electron chi connectivity index (χ1n) is 4.46. The van der Waals surface area contributed by atoms with E-state index in [4.69, 9.17) is 0 Å². The highest BCUT2D eigenvalue weighted by Gasteiger charge is 2.09. The molecule has 0 spiro atoms. The number of hydrogen-bond donors (Lipinski definition) is 0. The van der Waals surface area contributed by atoms with E-state index in [1.54, 1.807) is 11.8 Å². The predicted molar refractivity (Wildman–Crippen MR) is 66.3 cm³/mol. The SMILES string of the molecule is CCn1ccnc1/C(=N\C(C)Br)SC. The summed E-state index contributed by atoms with van der Waals surface area (Å²) in [4.78, 5) is 8.89. The average Bonchev–Trinajstić information content (AvgIpc) is 2.61. The van der Waals surface area contributed by atoms with Gasteiger partial charge in [-0.2, -0.15) is 0 Å². The van der Waals surface area contributed by atoms with Crippen molar-refractivity contribution in [3.63, 3.8) is 0 Å². The lowest BCUT2D eigenvalue weighted by atomic mass is 10.6. The topological polar surface area (TPSA) is 30.2 Å². The van der Waals surface area contributed by atoms with E-state index in [-0.39, 0.29) is 4.95 Å². The Morgan fingerprint density at radius 3 is 3.00 bits per heavy atom. The fourth-order valence-electron chi connectivity index (χ4n) is 1.13. The van der Waals surface area contributed by atoms with Crippen molar-refractivity contribution in [1.82, 2.24) is 9.55 Å². The van der Waals surface area contributed by atoms with Gasteiger partial charge in [0.25, 0.3) is 0 Å². The van der Waals surface area contributed by atoms with Crippen LogP contribution in [0.1, 0.15) is 19.7 Å². The molecule has 0 aromatic carbocycles. The van der Waals surface area contributed by atoms with Gasteiger partial charge in [0.05, 0.1) is 0 Å². The summed E-state index contributed by atoms with van der Waals surface area (Å²) in [6, 6.07) is 0. The number of hydrogen-bond acceptors (Lipinski definition) is 3. The van der Waals surface area contributed by atoms with Gasteiger partial charge in [-0.05, 0) is 20.1 Å². The maximum absolute atomic E-state index is 4.46. The number of thioether (sulfide) groups is 1. The van der Waals surface area contributed by atoms with Crippen molar-refractivity contribution < 1.29 is 0 Å². The molecule has 1 unspecified atom stereocenters. The molecule has 0 saturated carbocycles. The Balaban J connectivity index is 3.00. The zero-order valence-electron chi connectivity index (χ0n) is 8.57. The fourth-order valence-corrected chi connectivity index (χ4v) is 2.08. The first-order valence-corrected chi connectivity index (χ1v) is 6.60. The Labute approximate surface area is 97.1 Å². The number of alkyl halides is 1. The van der Waals surface area contributed by atoms with Crippen LogP contribution in [0, 0.1) is 0 Å². The van der Waals surface area contributed by atoms with E-state index >= 15 is 0 Å². The van der Waals surface area contributed by atoms with E-state index in [1.165, 1.54) is 0 Å². The van der Waals surface area contributed by atoms with Crippen LogP contribution in [0.25, 0.3) is 0 Å². The zero-order valence-corrected chi connectivity index (χ0v) is 11.0. The number of aromatic nitrogens is 2. The molecule has 0 saturated heterocycles. The number of imidazole rings is 1. The van der Waals surface area contributed by atoms with Gasteiger partial charge in [-0.15, -0.1) is 11.8 Å². The Morgan fingerprint density at radius 2 is 2.50 bits per heavy atom. The van der Waals surface area contributed by atoms with Gasteiger partial charge in [0.2, 0.25) is 0 Å². The molecule has 0 N–H and O–H groups in total. The van der Waals surface area contributed by atoms with E-state index in [9.17, 15) is 0 Å². The maximum Gasteiger partial charge on any atom is 0.164 e. The molecule has 1 atom stereocenters. The van der Waals surface area contributed by atoms with Crippen LogP contribution in [0.4, 0.5) is 0 Å². The van der Waals surface area contributed by atoms with Gasteiger partial charge >= 0.3 is 0 Å². The first-order chi connectivity index (χ1) is 6.69. The summed E-state index contributed by atoms with van der Waals surface area (Å²) in [7, 11) is 0. The molecule has 0 bridgehead atoms. The van der Waals surface area contributed by atoms with Crippen molar-refractivity contribution in [1.29, 1.82) is 0 Å². The number of nitrogens with zero attached hydrogens (tertiary/aromatic N) is 3. The largest absolute Gasteiger partial charge is 0.330 e. The maximum atomic E-state index is 4.46. The Morgan fingerprint density at radius 1 is 1.79 bits per heavy atom. The van der Waals surface area contributed by atoms with Crippen molar-refractivity contribution in [3.05, 3.63) is 18.2 Å². The van der Waals surface area contributed by atoms with Crippen molar-refractivity contribution in [3.8, 4) is 0 Å². The summed E-state index contributed by atoms with van der Waals surface area (Å²) in [6.45, 7) is 5.02. The minimum absolute atomic E-state index is 0.131. The molecular formula is C9H14BrN3S. The van der Waals surface area contributed by atoms with Crippen LogP contribution < -0.4 is 0 Å². The smallest absolute Gasteiger partial charge is 0.164 e. The second-order valence-corrected chi connectivity index (χ2v) is 4.87. The Bertz CT molecular complexity index is 320. The third-order valence-electron chi connectivity index (χ3n) is 1.74. The number of aliphatic imine (C=N–C) groups is 1. The molecule has 0 radical (unpaired) electrons. The lowest BCUT2D eigenvalue weighted by Crippen LogP contribution is -2.08. The van der Waals surface area contributed by atoms with Gasteiger partial charge in [-0.25, -0.2) is 4.98 Å². The van der Waals surface area contributed by atoms with Crippen LogP contribution in [0.3, 0.4) is 0 Å². The molecule has 1 rings (SSSR count). The third kappa shape index (κ3) is 2.85. The van der Waals surface area contributed by atoms with Gasteiger partial charge in [-0.1, -0.05) is 15.9 Å².